The largest absolute Gasteiger partial charge is 0.459 e. The van der Waals surface area contributed by atoms with Crippen molar-refractivity contribution in [3.63, 3.8) is 0 Å². The highest BCUT2D eigenvalue weighted by atomic mass is 32.1. The molecule has 1 aromatic carbocycles. The number of hydrogen-bond donors (Lipinski definition) is 1. The lowest BCUT2D eigenvalue weighted by molar-refractivity contribution is 0.548. The van der Waals surface area contributed by atoms with Gasteiger partial charge in [-0.25, -0.2) is 4.98 Å². The smallest absolute Gasteiger partial charge is 0.162 e. The molecule has 0 spiro atoms. The molecule has 0 fully saturated rings. The van der Waals surface area contributed by atoms with E-state index in [1.807, 2.05) is 48.7 Å². The van der Waals surface area contributed by atoms with Crippen LogP contribution in [-0.2, 0) is 0 Å². The second-order valence-electron chi connectivity index (χ2n) is 4.07. The van der Waals surface area contributed by atoms with Crippen LogP contribution in [0.15, 0.2) is 46.2 Å². The monoisotopic (exact) mass is 256 g/mol. The first-order chi connectivity index (χ1) is 8.72. The Kier molecular flexibility index (Phi) is 2.64. The van der Waals surface area contributed by atoms with Gasteiger partial charge in [0, 0.05) is 16.6 Å². The molecule has 0 radical (unpaired) electrons. The number of benzene rings is 1. The maximum atomic E-state index is 5.77. The molecule has 0 aliphatic rings. The number of nitrogen functional groups attached to an aromatic ring is 1. The van der Waals surface area contributed by atoms with E-state index in [1.54, 1.807) is 11.3 Å². The van der Waals surface area contributed by atoms with Crippen LogP contribution in [0.5, 0.6) is 0 Å². The quantitative estimate of drug-likeness (QED) is 0.706. The summed E-state index contributed by atoms with van der Waals surface area (Å²) in [6.45, 7) is 1.93. The second kappa shape index (κ2) is 4.31. The van der Waals surface area contributed by atoms with Crippen LogP contribution in [0, 0.1) is 6.92 Å². The number of anilines is 1. The lowest BCUT2D eigenvalue weighted by Crippen LogP contribution is -1.85. The topological polar surface area (TPSA) is 52.0 Å². The Balaban J connectivity index is 1.99. The van der Waals surface area contributed by atoms with Gasteiger partial charge in [0.2, 0.25) is 0 Å². The third-order valence-corrected chi connectivity index (χ3v) is 3.49. The Hall–Kier alpha value is -2.07. The fraction of sp³-hybridized carbons (Fsp3) is 0.0714. The van der Waals surface area contributed by atoms with Gasteiger partial charge >= 0.3 is 0 Å². The van der Waals surface area contributed by atoms with Crippen LogP contribution in [0.4, 0.5) is 5.69 Å². The van der Waals surface area contributed by atoms with Crippen molar-refractivity contribution in [1.29, 1.82) is 0 Å². The van der Waals surface area contributed by atoms with Crippen molar-refractivity contribution in [3.05, 3.63) is 47.5 Å². The van der Waals surface area contributed by atoms with Gasteiger partial charge in [-0.05, 0) is 31.2 Å². The second-order valence-corrected chi connectivity index (χ2v) is 4.93. The molecule has 18 heavy (non-hydrogen) atoms. The Morgan fingerprint density at radius 1 is 1.22 bits per heavy atom. The predicted octanol–water partition coefficient (Wildman–Crippen LogP) is 3.96. The zero-order chi connectivity index (χ0) is 12.5. The minimum Gasteiger partial charge on any atom is -0.459 e. The highest BCUT2D eigenvalue weighted by Gasteiger charge is 2.09. The normalized spacial score (nSPS) is 10.7. The summed E-state index contributed by atoms with van der Waals surface area (Å²) in [7, 11) is 0. The van der Waals surface area contributed by atoms with E-state index in [0.717, 1.165) is 33.5 Å². The summed E-state index contributed by atoms with van der Waals surface area (Å²) in [5.41, 5.74) is 8.48. The molecular weight excluding hydrogens is 244 g/mol. The van der Waals surface area contributed by atoms with E-state index in [0.29, 0.717) is 0 Å². The lowest BCUT2D eigenvalue weighted by atomic mass is 10.1. The van der Waals surface area contributed by atoms with Gasteiger partial charge in [0.25, 0.3) is 0 Å². The molecule has 3 nitrogen and oxygen atoms in total. The average molecular weight is 256 g/mol. The summed E-state index contributed by atoms with van der Waals surface area (Å²) in [6, 6.07) is 11.6. The third-order valence-electron chi connectivity index (χ3n) is 2.64. The van der Waals surface area contributed by atoms with Gasteiger partial charge in [-0.15, -0.1) is 11.3 Å². The zero-order valence-corrected chi connectivity index (χ0v) is 10.7. The number of hydrogen-bond acceptors (Lipinski definition) is 4. The molecule has 0 saturated heterocycles. The van der Waals surface area contributed by atoms with Gasteiger partial charge < -0.3 is 10.2 Å². The molecule has 90 valence electrons. The predicted molar refractivity (Wildman–Crippen MR) is 74.4 cm³/mol. The number of aryl methyl sites for hydroxylation is 1. The molecule has 0 atom stereocenters. The molecule has 3 aromatic rings. The van der Waals surface area contributed by atoms with E-state index in [9.17, 15) is 0 Å². The first-order valence-electron chi connectivity index (χ1n) is 5.60. The van der Waals surface area contributed by atoms with Crippen LogP contribution in [0.2, 0.25) is 0 Å². The Morgan fingerprint density at radius 2 is 2.11 bits per heavy atom. The Morgan fingerprint density at radius 3 is 2.83 bits per heavy atom. The SMILES string of the molecule is Cc1ccc(-c2nc(-c3cccc(N)c3)cs2)o1. The van der Waals surface area contributed by atoms with Gasteiger partial charge in [-0.1, -0.05) is 12.1 Å². The molecule has 0 aliphatic carbocycles. The summed E-state index contributed by atoms with van der Waals surface area (Å²) in [6.07, 6.45) is 0. The van der Waals surface area contributed by atoms with Crippen LogP contribution in [0.25, 0.3) is 22.0 Å². The molecular formula is C14H12N2OS. The van der Waals surface area contributed by atoms with E-state index < -0.39 is 0 Å². The van der Waals surface area contributed by atoms with Crippen LogP contribution < -0.4 is 5.73 Å². The number of rotatable bonds is 2. The van der Waals surface area contributed by atoms with Crippen molar-refractivity contribution >= 4 is 17.0 Å². The standard InChI is InChI=1S/C14H12N2OS/c1-9-5-6-13(17-9)14-16-12(8-18-14)10-3-2-4-11(15)7-10/h2-8H,15H2,1H3. The Labute approximate surface area is 109 Å². The van der Waals surface area contributed by atoms with Gasteiger partial charge in [0.05, 0.1) is 5.69 Å². The van der Waals surface area contributed by atoms with Gasteiger partial charge in [0.15, 0.2) is 10.8 Å². The van der Waals surface area contributed by atoms with E-state index in [1.165, 1.54) is 0 Å². The number of nitrogens with zero attached hydrogens (tertiary/aromatic N) is 1. The molecule has 2 aromatic heterocycles. The highest BCUT2D eigenvalue weighted by molar-refractivity contribution is 7.13. The molecule has 0 saturated carbocycles. The van der Waals surface area contributed by atoms with E-state index >= 15 is 0 Å². The van der Waals surface area contributed by atoms with Crippen molar-refractivity contribution in [2.75, 3.05) is 5.73 Å². The van der Waals surface area contributed by atoms with E-state index in [4.69, 9.17) is 10.2 Å². The lowest BCUT2D eigenvalue weighted by Gasteiger charge is -1.97. The molecule has 0 amide bonds. The fourth-order valence-corrected chi connectivity index (χ4v) is 2.56. The number of nitrogens with two attached hydrogens (primary N) is 1. The van der Waals surface area contributed by atoms with Crippen LogP contribution >= 0.6 is 11.3 Å². The van der Waals surface area contributed by atoms with E-state index in [-0.39, 0.29) is 0 Å². The van der Waals surface area contributed by atoms with Crippen molar-refractivity contribution in [1.82, 2.24) is 4.98 Å². The molecule has 4 heteroatoms. The number of thiazole rings is 1. The summed E-state index contributed by atoms with van der Waals surface area (Å²) in [5, 5.41) is 2.91. The molecule has 0 bridgehead atoms. The molecule has 0 unspecified atom stereocenters. The summed E-state index contributed by atoms with van der Waals surface area (Å²) < 4.78 is 5.57. The van der Waals surface area contributed by atoms with Gasteiger partial charge in [-0.3, -0.25) is 0 Å². The molecule has 2 N–H and O–H groups in total. The first kappa shape index (κ1) is 11.0. The molecule has 0 aliphatic heterocycles. The maximum Gasteiger partial charge on any atom is 0.162 e. The highest BCUT2D eigenvalue weighted by Crippen LogP contribution is 2.30. The number of furan rings is 1. The van der Waals surface area contributed by atoms with Crippen LogP contribution in [0.1, 0.15) is 5.76 Å². The maximum absolute atomic E-state index is 5.77. The summed E-state index contributed by atoms with van der Waals surface area (Å²) in [4.78, 5) is 4.57. The van der Waals surface area contributed by atoms with Crippen molar-refractivity contribution in [3.8, 4) is 22.0 Å². The first-order valence-corrected chi connectivity index (χ1v) is 6.48. The third kappa shape index (κ3) is 2.02. The zero-order valence-electron chi connectivity index (χ0n) is 9.88. The van der Waals surface area contributed by atoms with Crippen LogP contribution in [-0.4, -0.2) is 4.98 Å². The van der Waals surface area contributed by atoms with Crippen LogP contribution in [0.3, 0.4) is 0 Å². The van der Waals surface area contributed by atoms with Gasteiger partial charge in [0.1, 0.15) is 5.76 Å². The molecule has 3 rings (SSSR count). The van der Waals surface area contributed by atoms with Crippen molar-refractivity contribution < 1.29 is 4.42 Å². The van der Waals surface area contributed by atoms with Crippen molar-refractivity contribution in [2.45, 2.75) is 6.92 Å². The molecule has 2 heterocycles. The minimum absolute atomic E-state index is 0.746. The fourth-order valence-electron chi connectivity index (χ4n) is 1.77. The number of aromatic nitrogens is 1. The van der Waals surface area contributed by atoms with Crippen molar-refractivity contribution in [2.24, 2.45) is 0 Å². The average Bonchev–Trinajstić information content (AvgIpc) is 2.97. The Bertz CT molecular complexity index is 684. The summed E-state index contributed by atoms with van der Waals surface area (Å²) >= 11 is 1.57. The van der Waals surface area contributed by atoms with E-state index in [2.05, 4.69) is 4.98 Å². The van der Waals surface area contributed by atoms with Gasteiger partial charge in [-0.2, -0.15) is 0 Å². The minimum atomic E-state index is 0.746. The summed E-state index contributed by atoms with van der Waals surface area (Å²) in [5.74, 6) is 1.71.